The fraction of sp³-hybridized carbons (Fsp3) is 0.409. The van der Waals surface area contributed by atoms with E-state index in [1.165, 1.54) is 31.5 Å². The smallest absolute Gasteiger partial charge is 0.251 e. The van der Waals surface area contributed by atoms with Gasteiger partial charge in [-0.3, -0.25) is 9.69 Å². The van der Waals surface area contributed by atoms with Crippen LogP contribution in [0.5, 0.6) is 17.2 Å². The number of hydrogen-bond donors (Lipinski definition) is 1. The van der Waals surface area contributed by atoms with Gasteiger partial charge in [-0.1, -0.05) is 24.3 Å². The maximum atomic E-state index is 12.6. The minimum absolute atomic E-state index is 0.170. The Hall–Kier alpha value is -2.73. The van der Waals surface area contributed by atoms with Gasteiger partial charge in [-0.2, -0.15) is 0 Å². The summed E-state index contributed by atoms with van der Waals surface area (Å²) in [5, 5.41) is 2.96. The monoisotopic (exact) mass is 382 g/mol. The van der Waals surface area contributed by atoms with Gasteiger partial charge in [0.2, 0.25) is 5.75 Å². The van der Waals surface area contributed by atoms with Crippen molar-refractivity contribution in [1.82, 2.24) is 10.2 Å². The topological polar surface area (TPSA) is 60.0 Å². The molecule has 28 heavy (non-hydrogen) atoms. The Balaban J connectivity index is 1.37. The molecule has 1 saturated heterocycles. The largest absolute Gasteiger partial charge is 0.493 e. The number of amides is 1. The highest BCUT2D eigenvalue weighted by molar-refractivity contribution is 5.95. The van der Waals surface area contributed by atoms with Gasteiger partial charge in [0.25, 0.3) is 5.91 Å². The van der Waals surface area contributed by atoms with Crippen molar-refractivity contribution in [3.63, 3.8) is 0 Å². The lowest BCUT2D eigenvalue weighted by Gasteiger charge is -2.21. The molecule has 4 rings (SSSR count). The highest BCUT2D eigenvalue weighted by Crippen LogP contribution is 2.40. The first-order valence-corrected chi connectivity index (χ1v) is 9.79. The second-order valence-electron chi connectivity index (χ2n) is 7.19. The molecule has 2 heterocycles. The molecule has 1 amide bonds. The van der Waals surface area contributed by atoms with Crippen molar-refractivity contribution in [3.05, 3.63) is 53.1 Å². The van der Waals surface area contributed by atoms with E-state index in [1.807, 2.05) is 0 Å². The number of ether oxygens (including phenoxy) is 3. The molecule has 0 spiro atoms. The number of benzene rings is 2. The van der Waals surface area contributed by atoms with Crippen molar-refractivity contribution in [2.24, 2.45) is 0 Å². The lowest BCUT2D eigenvalue weighted by molar-refractivity contribution is 0.0949. The molecule has 2 aliphatic rings. The predicted octanol–water partition coefficient (Wildman–Crippen LogP) is 2.99. The van der Waals surface area contributed by atoms with Gasteiger partial charge >= 0.3 is 0 Å². The Morgan fingerprint density at radius 2 is 1.79 bits per heavy atom. The molecule has 0 atom stereocenters. The molecule has 0 aromatic heterocycles. The number of likely N-dealkylation sites (tertiary alicyclic amines) is 1. The molecule has 6 nitrogen and oxygen atoms in total. The fourth-order valence-electron chi connectivity index (χ4n) is 3.65. The number of methoxy groups -OCH3 is 1. The molecule has 0 aliphatic carbocycles. The Morgan fingerprint density at radius 1 is 1.07 bits per heavy atom. The summed E-state index contributed by atoms with van der Waals surface area (Å²) in [6.07, 6.45) is 2.60. The number of hydrogen-bond acceptors (Lipinski definition) is 5. The van der Waals surface area contributed by atoms with E-state index in [4.69, 9.17) is 14.2 Å². The van der Waals surface area contributed by atoms with Crippen LogP contribution in [-0.2, 0) is 13.1 Å². The average molecular weight is 382 g/mol. The fourth-order valence-corrected chi connectivity index (χ4v) is 3.65. The molecule has 0 saturated carbocycles. The van der Waals surface area contributed by atoms with Crippen LogP contribution in [0.3, 0.4) is 0 Å². The molecule has 2 aromatic rings. The van der Waals surface area contributed by atoms with Crippen LogP contribution in [0.2, 0.25) is 0 Å². The van der Waals surface area contributed by atoms with E-state index < -0.39 is 0 Å². The number of carbonyl (C=O) groups is 1. The lowest BCUT2D eigenvalue weighted by atomic mass is 10.1. The normalized spacial score (nSPS) is 16.0. The van der Waals surface area contributed by atoms with Crippen LogP contribution in [-0.4, -0.2) is 44.2 Å². The maximum Gasteiger partial charge on any atom is 0.251 e. The minimum Gasteiger partial charge on any atom is -0.493 e. The van der Waals surface area contributed by atoms with Crippen molar-refractivity contribution in [1.29, 1.82) is 0 Å². The van der Waals surface area contributed by atoms with E-state index in [9.17, 15) is 4.79 Å². The second kappa shape index (κ2) is 8.52. The molecule has 0 unspecified atom stereocenters. The lowest BCUT2D eigenvalue weighted by Crippen LogP contribution is -2.24. The summed E-state index contributed by atoms with van der Waals surface area (Å²) in [4.78, 5) is 15.1. The predicted molar refractivity (Wildman–Crippen MR) is 106 cm³/mol. The second-order valence-corrected chi connectivity index (χ2v) is 7.19. The number of nitrogens with one attached hydrogen (secondary N) is 1. The molecular weight excluding hydrogens is 356 g/mol. The molecular formula is C22H26N2O4. The Labute approximate surface area is 165 Å². The zero-order chi connectivity index (χ0) is 19.3. The van der Waals surface area contributed by atoms with E-state index in [1.54, 1.807) is 19.2 Å². The van der Waals surface area contributed by atoms with Crippen molar-refractivity contribution >= 4 is 5.91 Å². The molecule has 0 bridgehead atoms. The van der Waals surface area contributed by atoms with Gasteiger partial charge in [-0.25, -0.2) is 0 Å². The highest BCUT2D eigenvalue weighted by Gasteiger charge is 2.20. The molecule has 2 aromatic carbocycles. The zero-order valence-corrected chi connectivity index (χ0v) is 16.2. The Bertz CT molecular complexity index is 812. The summed E-state index contributed by atoms with van der Waals surface area (Å²) < 4.78 is 16.5. The van der Waals surface area contributed by atoms with Gasteiger partial charge < -0.3 is 19.5 Å². The third-order valence-corrected chi connectivity index (χ3v) is 5.17. The van der Waals surface area contributed by atoms with Crippen LogP contribution in [0, 0.1) is 0 Å². The summed E-state index contributed by atoms with van der Waals surface area (Å²) in [5.41, 5.74) is 2.88. The first kappa shape index (κ1) is 18.6. The average Bonchev–Trinajstić information content (AvgIpc) is 3.25. The summed E-state index contributed by atoms with van der Waals surface area (Å²) in [7, 11) is 1.55. The summed E-state index contributed by atoms with van der Waals surface area (Å²) >= 11 is 0. The van der Waals surface area contributed by atoms with Crippen molar-refractivity contribution < 1.29 is 19.0 Å². The van der Waals surface area contributed by atoms with E-state index in [2.05, 4.69) is 34.5 Å². The van der Waals surface area contributed by atoms with Crippen LogP contribution in [0.25, 0.3) is 0 Å². The van der Waals surface area contributed by atoms with Gasteiger partial charge in [-0.05, 0) is 49.2 Å². The number of nitrogens with zero attached hydrogens (tertiary/aromatic N) is 1. The Kier molecular flexibility index (Phi) is 5.67. The van der Waals surface area contributed by atoms with Crippen LogP contribution in [0.1, 0.15) is 34.3 Å². The highest BCUT2D eigenvalue weighted by atomic mass is 16.6. The number of carbonyl (C=O) groups excluding carboxylic acids is 1. The molecule has 2 aliphatic heterocycles. The molecule has 6 heteroatoms. The third-order valence-electron chi connectivity index (χ3n) is 5.17. The van der Waals surface area contributed by atoms with E-state index in [0.29, 0.717) is 42.6 Å². The maximum absolute atomic E-state index is 12.6. The number of fused-ring (bicyclic) bond motifs is 1. The SMILES string of the molecule is COc1cc(C(=O)NCc2ccc(CN3CCCC3)cc2)cc2c1OCCO2. The van der Waals surface area contributed by atoms with Crippen LogP contribution in [0.15, 0.2) is 36.4 Å². The standard InChI is InChI=1S/C22H26N2O4/c1-26-19-12-18(13-20-21(19)28-11-10-27-20)22(25)23-14-16-4-6-17(7-5-16)15-24-8-2-3-9-24/h4-7,12-13H,2-3,8-11,14-15H2,1H3,(H,23,25). The van der Waals surface area contributed by atoms with Gasteiger partial charge in [0.1, 0.15) is 13.2 Å². The van der Waals surface area contributed by atoms with E-state index >= 15 is 0 Å². The van der Waals surface area contributed by atoms with Crippen molar-refractivity contribution in [3.8, 4) is 17.2 Å². The van der Waals surface area contributed by atoms with Crippen LogP contribution >= 0.6 is 0 Å². The third kappa shape index (κ3) is 4.22. The van der Waals surface area contributed by atoms with Gasteiger partial charge in [-0.15, -0.1) is 0 Å². The zero-order valence-electron chi connectivity index (χ0n) is 16.2. The summed E-state index contributed by atoms with van der Waals surface area (Å²) in [5.74, 6) is 1.44. The van der Waals surface area contributed by atoms with Crippen LogP contribution in [0.4, 0.5) is 0 Å². The summed E-state index contributed by atoms with van der Waals surface area (Å²) in [6.45, 7) is 4.80. The quantitative estimate of drug-likeness (QED) is 0.832. The van der Waals surface area contributed by atoms with Gasteiger partial charge in [0, 0.05) is 18.7 Å². The van der Waals surface area contributed by atoms with Crippen LogP contribution < -0.4 is 19.5 Å². The molecule has 1 N–H and O–H groups in total. The van der Waals surface area contributed by atoms with Crippen molar-refractivity contribution in [2.75, 3.05) is 33.4 Å². The Morgan fingerprint density at radius 3 is 2.54 bits per heavy atom. The summed E-state index contributed by atoms with van der Waals surface area (Å²) in [6, 6.07) is 11.8. The molecule has 0 radical (unpaired) electrons. The molecule has 148 valence electrons. The van der Waals surface area contributed by atoms with Gasteiger partial charge in [0.05, 0.1) is 7.11 Å². The first-order valence-electron chi connectivity index (χ1n) is 9.79. The molecule has 1 fully saturated rings. The van der Waals surface area contributed by atoms with E-state index in [0.717, 1.165) is 12.1 Å². The van der Waals surface area contributed by atoms with Crippen molar-refractivity contribution in [2.45, 2.75) is 25.9 Å². The first-order chi connectivity index (χ1) is 13.7. The minimum atomic E-state index is -0.170. The number of rotatable bonds is 6. The van der Waals surface area contributed by atoms with E-state index in [-0.39, 0.29) is 5.91 Å². The van der Waals surface area contributed by atoms with Gasteiger partial charge in [0.15, 0.2) is 11.5 Å².